The molecule has 0 saturated carbocycles. The Bertz CT molecular complexity index is 641. The third-order valence-electron chi connectivity index (χ3n) is 3.07. The lowest BCUT2D eigenvalue weighted by Crippen LogP contribution is -2.01. The quantitative estimate of drug-likeness (QED) is 0.496. The summed E-state index contributed by atoms with van der Waals surface area (Å²) in [6.07, 6.45) is 0.629. The molecule has 1 N–H and O–H groups in total. The van der Waals surface area contributed by atoms with Gasteiger partial charge < -0.3 is 9.94 Å². The topological polar surface area (TPSA) is 41.8 Å². The second kappa shape index (κ2) is 7.09. The minimum atomic E-state index is -0.462. The van der Waals surface area contributed by atoms with Gasteiger partial charge in [0.2, 0.25) is 0 Å². The fourth-order valence-corrected chi connectivity index (χ4v) is 2.09. The van der Waals surface area contributed by atoms with Crippen LogP contribution in [0, 0.1) is 5.82 Å². The average molecular weight is 308 g/mol. The summed E-state index contributed by atoms with van der Waals surface area (Å²) in [6.45, 7) is 2.00. The summed E-state index contributed by atoms with van der Waals surface area (Å²) in [7, 11) is 0. The van der Waals surface area contributed by atoms with Crippen LogP contribution in [-0.4, -0.2) is 10.9 Å². The number of hydrogen-bond acceptors (Lipinski definition) is 3. The van der Waals surface area contributed by atoms with Gasteiger partial charge in [0, 0.05) is 5.56 Å². The van der Waals surface area contributed by atoms with Crippen LogP contribution in [0.15, 0.2) is 47.6 Å². The van der Waals surface area contributed by atoms with Gasteiger partial charge in [-0.1, -0.05) is 35.8 Å². The van der Waals surface area contributed by atoms with Gasteiger partial charge in [0.15, 0.2) is 0 Å². The highest BCUT2D eigenvalue weighted by molar-refractivity contribution is 6.30. The molecule has 0 heterocycles. The molecule has 21 heavy (non-hydrogen) atoms. The molecule has 0 aliphatic heterocycles. The highest BCUT2D eigenvalue weighted by Gasteiger charge is 2.07. The average Bonchev–Trinajstić information content (AvgIpc) is 2.51. The molecule has 0 atom stereocenters. The molecule has 2 aromatic rings. The van der Waals surface area contributed by atoms with Gasteiger partial charge in [-0.3, -0.25) is 0 Å². The Morgan fingerprint density at radius 2 is 1.95 bits per heavy atom. The first-order chi connectivity index (χ1) is 10.2. The zero-order chi connectivity index (χ0) is 15.2. The van der Waals surface area contributed by atoms with Crippen molar-refractivity contribution in [2.24, 2.45) is 5.16 Å². The number of oxime groups is 1. The van der Waals surface area contributed by atoms with Gasteiger partial charge in [0.1, 0.15) is 18.2 Å². The maximum Gasteiger partial charge on any atom is 0.148 e. The Kier molecular flexibility index (Phi) is 5.17. The van der Waals surface area contributed by atoms with Crippen molar-refractivity contribution in [2.45, 2.75) is 20.0 Å². The minimum Gasteiger partial charge on any atom is -0.489 e. The second-order valence-corrected chi connectivity index (χ2v) is 4.83. The van der Waals surface area contributed by atoms with Crippen LogP contribution in [0.5, 0.6) is 5.75 Å². The fraction of sp³-hybridized carbons (Fsp3) is 0.188. The van der Waals surface area contributed by atoms with Crippen molar-refractivity contribution in [1.82, 2.24) is 0 Å². The van der Waals surface area contributed by atoms with Crippen LogP contribution < -0.4 is 4.74 Å². The molecule has 2 aromatic carbocycles. The predicted octanol–water partition coefficient (Wildman–Crippen LogP) is 4.65. The van der Waals surface area contributed by atoms with Gasteiger partial charge >= 0.3 is 0 Å². The molecule has 0 aromatic heterocycles. The number of hydrogen-bond donors (Lipinski definition) is 1. The zero-order valence-electron chi connectivity index (χ0n) is 11.5. The van der Waals surface area contributed by atoms with Crippen LogP contribution in [-0.2, 0) is 6.61 Å². The van der Waals surface area contributed by atoms with Crippen molar-refractivity contribution in [1.29, 1.82) is 0 Å². The van der Waals surface area contributed by atoms with E-state index in [1.165, 1.54) is 6.07 Å². The Morgan fingerprint density at radius 3 is 2.57 bits per heavy atom. The van der Waals surface area contributed by atoms with E-state index in [9.17, 15) is 4.39 Å². The molecular formula is C16H15ClFNO2. The highest BCUT2D eigenvalue weighted by atomic mass is 35.5. The van der Waals surface area contributed by atoms with E-state index < -0.39 is 5.82 Å². The third-order valence-corrected chi connectivity index (χ3v) is 3.36. The Morgan fingerprint density at radius 1 is 1.24 bits per heavy atom. The Hall–Kier alpha value is -2.07. The fourth-order valence-electron chi connectivity index (χ4n) is 1.90. The van der Waals surface area contributed by atoms with Crippen LogP contribution in [0.2, 0.25) is 5.02 Å². The molecular weight excluding hydrogens is 293 g/mol. The lowest BCUT2D eigenvalue weighted by Gasteiger charge is -2.09. The number of halogens is 2. The van der Waals surface area contributed by atoms with Gasteiger partial charge in [-0.25, -0.2) is 4.39 Å². The lowest BCUT2D eigenvalue weighted by atomic mass is 10.1. The molecule has 0 aliphatic rings. The molecule has 0 fully saturated rings. The molecule has 110 valence electrons. The van der Waals surface area contributed by atoms with E-state index in [1.54, 1.807) is 36.4 Å². The van der Waals surface area contributed by atoms with E-state index in [2.05, 4.69) is 5.16 Å². The molecule has 0 radical (unpaired) electrons. The van der Waals surface area contributed by atoms with Crippen molar-refractivity contribution >= 4 is 17.3 Å². The van der Waals surface area contributed by atoms with Crippen LogP contribution in [0.4, 0.5) is 4.39 Å². The molecule has 0 aliphatic carbocycles. The molecule has 3 nitrogen and oxygen atoms in total. The van der Waals surface area contributed by atoms with Crippen LogP contribution in [0.1, 0.15) is 24.5 Å². The maximum absolute atomic E-state index is 13.7. The van der Waals surface area contributed by atoms with Crippen molar-refractivity contribution in [3.8, 4) is 5.75 Å². The first kappa shape index (κ1) is 15.3. The highest BCUT2D eigenvalue weighted by Crippen LogP contribution is 2.20. The van der Waals surface area contributed by atoms with E-state index in [1.807, 2.05) is 6.92 Å². The van der Waals surface area contributed by atoms with Gasteiger partial charge in [-0.15, -0.1) is 0 Å². The lowest BCUT2D eigenvalue weighted by molar-refractivity contribution is 0.300. The second-order valence-electron chi connectivity index (χ2n) is 4.43. The van der Waals surface area contributed by atoms with Gasteiger partial charge in [-0.05, 0) is 42.3 Å². The number of benzene rings is 2. The normalized spacial score (nSPS) is 11.5. The maximum atomic E-state index is 13.7. The third kappa shape index (κ3) is 3.73. The van der Waals surface area contributed by atoms with Crippen LogP contribution >= 0.6 is 11.6 Å². The molecule has 0 amide bonds. The van der Waals surface area contributed by atoms with E-state index in [-0.39, 0.29) is 11.6 Å². The standard InChI is InChI=1S/C16H15ClFNO2/c1-2-15(19-20)11-6-8-13(9-7-11)21-10-12-4-3-5-14(17)16(12)18/h3-9,20H,2,10H2,1H3/b19-15-. The predicted molar refractivity (Wildman–Crippen MR) is 80.8 cm³/mol. The number of nitrogens with zero attached hydrogens (tertiary/aromatic N) is 1. The molecule has 5 heteroatoms. The summed E-state index contributed by atoms with van der Waals surface area (Å²) in [6, 6.07) is 11.9. The summed E-state index contributed by atoms with van der Waals surface area (Å²) in [5.74, 6) is 0.142. The number of ether oxygens (including phenoxy) is 1. The molecule has 0 spiro atoms. The summed E-state index contributed by atoms with van der Waals surface area (Å²) >= 11 is 5.72. The molecule has 0 saturated heterocycles. The number of rotatable bonds is 5. The monoisotopic (exact) mass is 307 g/mol. The Balaban J connectivity index is 2.06. The summed E-state index contributed by atoms with van der Waals surface area (Å²) in [4.78, 5) is 0. The summed E-state index contributed by atoms with van der Waals surface area (Å²) in [5.41, 5.74) is 1.82. The van der Waals surface area contributed by atoms with Gasteiger partial charge in [-0.2, -0.15) is 0 Å². The van der Waals surface area contributed by atoms with E-state index >= 15 is 0 Å². The van der Waals surface area contributed by atoms with Crippen LogP contribution in [0.3, 0.4) is 0 Å². The SMILES string of the molecule is CC/C(=N/O)c1ccc(OCc2cccc(Cl)c2F)cc1. The minimum absolute atomic E-state index is 0.0817. The summed E-state index contributed by atoms with van der Waals surface area (Å²) in [5, 5.41) is 12.2. The first-order valence-electron chi connectivity index (χ1n) is 6.52. The van der Waals surface area contributed by atoms with E-state index in [0.717, 1.165) is 5.56 Å². The zero-order valence-corrected chi connectivity index (χ0v) is 12.3. The van der Waals surface area contributed by atoms with Crippen molar-refractivity contribution in [3.63, 3.8) is 0 Å². The summed E-state index contributed by atoms with van der Waals surface area (Å²) < 4.78 is 19.2. The Labute approximate surface area is 127 Å². The van der Waals surface area contributed by atoms with E-state index in [0.29, 0.717) is 23.4 Å². The molecule has 0 unspecified atom stereocenters. The van der Waals surface area contributed by atoms with Crippen molar-refractivity contribution < 1.29 is 14.3 Å². The van der Waals surface area contributed by atoms with Crippen molar-refractivity contribution in [3.05, 3.63) is 64.4 Å². The smallest absolute Gasteiger partial charge is 0.148 e. The molecule has 0 bridgehead atoms. The van der Waals surface area contributed by atoms with Gasteiger partial charge in [0.05, 0.1) is 10.7 Å². The largest absolute Gasteiger partial charge is 0.489 e. The van der Waals surface area contributed by atoms with Crippen molar-refractivity contribution in [2.75, 3.05) is 0 Å². The first-order valence-corrected chi connectivity index (χ1v) is 6.90. The molecule has 2 rings (SSSR count). The van der Waals surface area contributed by atoms with Crippen LogP contribution in [0.25, 0.3) is 0 Å². The van der Waals surface area contributed by atoms with E-state index in [4.69, 9.17) is 21.5 Å². The van der Waals surface area contributed by atoms with Gasteiger partial charge in [0.25, 0.3) is 0 Å².